The SMILES string of the molecule is CC(C)n1nnnc1CNC1(c2cccc(Cl)c2)CC1. The topological polar surface area (TPSA) is 55.6 Å². The van der Waals surface area contributed by atoms with E-state index >= 15 is 0 Å². The van der Waals surface area contributed by atoms with E-state index in [4.69, 9.17) is 11.6 Å². The molecule has 2 aromatic rings. The average molecular weight is 292 g/mol. The Morgan fingerprint density at radius 3 is 2.85 bits per heavy atom. The van der Waals surface area contributed by atoms with E-state index in [1.54, 1.807) is 0 Å². The summed E-state index contributed by atoms with van der Waals surface area (Å²) in [7, 11) is 0. The van der Waals surface area contributed by atoms with E-state index in [9.17, 15) is 0 Å². The summed E-state index contributed by atoms with van der Waals surface area (Å²) in [6.07, 6.45) is 2.24. The molecule has 6 heteroatoms. The van der Waals surface area contributed by atoms with Crippen molar-refractivity contribution in [1.82, 2.24) is 25.5 Å². The zero-order valence-electron chi connectivity index (χ0n) is 11.7. The second-order valence-electron chi connectivity index (χ2n) is 5.58. The number of benzene rings is 1. The van der Waals surface area contributed by atoms with Crippen molar-refractivity contribution in [3.05, 3.63) is 40.7 Å². The lowest BCUT2D eigenvalue weighted by Crippen LogP contribution is -2.30. The summed E-state index contributed by atoms with van der Waals surface area (Å²) in [6.45, 7) is 4.81. The second kappa shape index (κ2) is 5.14. The van der Waals surface area contributed by atoms with Crippen molar-refractivity contribution in [2.75, 3.05) is 0 Å². The molecule has 0 unspecified atom stereocenters. The lowest BCUT2D eigenvalue weighted by molar-refractivity contribution is 0.452. The zero-order chi connectivity index (χ0) is 14.2. The van der Waals surface area contributed by atoms with Gasteiger partial charge >= 0.3 is 0 Å². The van der Waals surface area contributed by atoms with E-state index < -0.39 is 0 Å². The van der Waals surface area contributed by atoms with Crippen molar-refractivity contribution >= 4 is 11.6 Å². The van der Waals surface area contributed by atoms with Crippen LogP contribution in [-0.2, 0) is 12.1 Å². The number of tetrazole rings is 1. The summed E-state index contributed by atoms with van der Waals surface area (Å²) in [4.78, 5) is 0. The predicted molar refractivity (Wildman–Crippen MR) is 77.4 cm³/mol. The Morgan fingerprint density at radius 2 is 2.20 bits per heavy atom. The van der Waals surface area contributed by atoms with Gasteiger partial charge in [0, 0.05) is 10.6 Å². The third kappa shape index (κ3) is 2.55. The Balaban J connectivity index is 1.73. The first kappa shape index (κ1) is 13.5. The first-order valence-electron chi connectivity index (χ1n) is 6.88. The van der Waals surface area contributed by atoms with Crippen molar-refractivity contribution in [2.45, 2.75) is 44.8 Å². The fourth-order valence-corrected chi connectivity index (χ4v) is 2.65. The summed E-state index contributed by atoms with van der Waals surface area (Å²) in [5.41, 5.74) is 1.28. The highest BCUT2D eigenvalue weighted by molar-refractivity contribution is 6.30. The quantitative estimate of drug-likeness (QED) is 0.920. The number of aromatic nitrogens is 4. The van der Waals surface area contributed by atoms with Crippen molar-refractivity contribution in [2.24, 2.45) is 0 Å². The van der Waals surface area contributed by atoms with Crippen molar-refractivity contribution in [1.29, 1.82) is 0 Å². The van der Waals surface area contributed by atoms with E-state index in [2.05, 4.69) is 40.8 Å². The minimum atomic E-state index is 0.0403. The number of rotatable bonds is 5. The van der Waals surface area contributed by atoms with Gasteiger partial charge in [-0.25, -0.2) is 4.68 Å². The van der Waals surface area contributed by atoms with Crippen LogP contribution in [0, 0.1) is 0 Å². The molecule has 1 heterocycles. The smallest absolute Gasteiger partial charge is 0.165 e. The zero-order valence-corrected chi connectivity index (χ0v) is 12.4. The number of hydrogen-bond donors (Lipinski definition) is 1. The summed E-state index contributed by atoms with van der Waals surface area (Å²) in [5.74, 6) is 0.869. The molecule has 0 amide bonds. The molecule has 0 saturated heterocycles. The maximum absolute atomic E-state index is 6.08. The van der Waals surface area contributed by atoms with Crippen LogP contribution in [0.3, 0.4) is 0 Å². The molecule has 1 aromatic heterocycles. The minimum Gasteiger partial charge on any atom is -0.300 e. The van der Waals surface area contributed by atoms with Gasteiger partial charge in [-0.15, -0.1) is 5.10 Å². The van der Waals surface area contributed by atoms with Gasteiger partial charge in [0.2, 0.25) is 0 Å². The standard InChI is InChI=1S/C14H18ClN5/c1-10(2)20-13(17-18-19-20)9-16-14(6-7-14)11-4-3-5-12(15)8-11/h3-5,8,10,16H,6-7,9H2,1-2H3. The summed E-state index contributed by atoms with van der Waals surface area (Å²) < 4.78 is 1.85. The second-order valence-corrected chi connectivity index (χ2v) is 6.02. The van der Waals surface area contributed by atoms with Gasteiger partial charge in [-0.2, -0.15) is 0 Å². The van der Waals surface area contributed by atoms with Crippen LogP contribution in [-0.4, -0.2) is 20.2 Å². The Kier molecular flexibility index (Phi) is 3.48. The van der Waals surface area contributed by atoms with Gasteiger partial charge in [0.15, 0.2) is 5.82 Å². The fraction of sp³-hybridized carbons (Fsp3) is 0.500. The molecular weight excluding hydrogens is 274 g/mol. The third-order valence-electron chi connectivity index (χ3n) is 3.76. The van der Waals surface area contributed by atoms with E-state index in [0.717, 1.165) is 23.7 Å². The summed E-state index contributed by atoms with van der Waals surface area (Å²) >= 11 is 6.08. The molecule has 0 atom stereocenters. The molecular formula is C14H18ClN5. The Labute approximate surface area is 123 Å². The first-order chi connectivity index (χ1) is 9.61. The molecule has 1 aliphatic rings. The molecule has 0 bridgehead atoms. The van der Waals surface area contributed by atoms with Crippen molar-refractivity contribution < 1.29 is 0 Å². The van der Waals surface area contributed by atoms with E-state index in [1.807, 2.05) is 22.9 Å². The van der Waals surface area contributed by atoms with Gasteiger partial charge < -0.3 is 5.32 Å². The van der Waals surface area contributed by atoms with Crippen LogP contribution in [0.5, 0.6) is 0 Å². The molecule has 1 N–H and O–H groups in total. The highest BCUT2D eigenvalue weighted by atomic mass is 35.5. The molecule has 1 aromatic carbocycles. The van der Waals surface area contributed by atoms with Gasteiger partial charge in [0.25, 0.3) is 0 Å². The highest BCUT2D eigenvalue weighted by Crippen LogP contribution is 2.46. The predicted octanol–water partition coefficient (Wildman–Crippen LogP) is 2.69. The fourth-order valence-electron chi connectivity index (χ4n) is 2.46. The van der Waals surface area contributed by atoms with Crippen LogP contribution >= 0.6 is 11.6 Å². The largest absolute Gasteiger partial charge is 0.300 e. The molecule has 0 radical (unpaired) electrons. The molecule has 3 rings (SSSR count). The highest BCUT2D eigenvalue weighted by Gasteiger charge is 2.44. The minimum absolute atomic E-state index is 0.0403. The van der Waals surface area contributed by atoms with Crippen molar-refractivity contribution in [3.63, 3.8) is 0 Å². The first-order valence-corrected chi connectivity index (χ1v) is 7.26. The van der Waals surface area contributed by atoms with Crippen LogP contribution in [0.4, 0.5) is 0 Å². The van der Waals surface area contributed by atoms with Gasteiger partial charge in [-0.3, -0.25) is 0 Å². The van der Waals surface area contributed by atoms with Crippen LogP contribution in [0.1, 0.15) is 44.1 Å². The van der Waals surface area contributed by atoms with Gasteiger partial charge in [-0.05, 0) is 54.8 Å². The van der Waals surface area contributed by atoms with Gasteiger partial charge in [0.05, 0.1) is 12.6 Å². The van der Waals surface area contributed by atoms with Gasteiger partial charge in [0.1, 0.15) is 0 Å². The number of nitrogens with one attached hydrogen (secondary N) is 1. The summed E-state index contributed by atoms with van der Waals surface area (Å²) in [5, 5.41) is 16.2. The van der Waals surface area contributed by atoms with Crippen LogP contribution < -0.4 is 5.32 Å². The summed E-state index contributed by atoms with van der Waals surface area (Å²) in [6, 6.07) is 8.32. The normalized spacial score (nSPS) is 16.6. The molecule has 1 fully saturated rings. The molecule has 1 aliphatic carbocycles. The van der Waals surface area contributed by atoms with Gasteiger partial charge in [-0.1, -0.05) is 23.7 Å². The molecule has 0 spiro atoms. The maximum Gasteiger partial charge on any atom is 0.165 e. The molecule has 0 aliphatic heterocycles. The number of hydrogen-bond acceptors (Lipinski definition) is 4. The molecule has 5 nitrogen and oxygen atoms in total. The molecule has 1 saturated carbocycles. The Morgan fingerprint density at radius 1 is 1.40 bits per heavy atom. The molecule has 20 heavy (non-hydrogen) atoms. The monoisotopic (exact) mass is 291 g/mol. The lowest BCUT2D eigenvalue weighted by Gasteiger charge is -2.18. The van der Waals surface area contributed by atoms with E-state index in [0.29, 0.717) is 6.54 Å². The van der Waals surface area contributed by atoms with Crippen LogP contribution in [0.2, 0.25) is 5.02 Å². The lowest BCUT2D eigenvalue weighted by atomic mass is 10.1. The number of halogens is 1. The van der Waals surface area contributed by atoms with E-state index in [-0.39, 0.29) is 11.6 Å². The average Bonchev–Trinajstić information content (AvgIpc) is 3.06. The maximum atomic E-state index is 6.08. The Bertz CT molecular complexity index is 603. The van der Waals surface area contributed by atoms with E-state index in [1.165, 1.54) is 5.56 Å². The third-order valence-corrected chi connectivity index (χ3v) is 4.00. The van der Waals surface area contributed by atoms with Crippen molar-refractivity contribution in [3.8, 4) is 0 Å². The Hall–Kier alpha value is -1.46. The molecule has 106 valence electrons. The van der Waals surface area contributed by atoms with Crippen LogP contribution in [0.15, 0.2) is 24.3 Å². The van der Waals surface area contributed by atoms with Crippen LogP contribution in [0.25, 0.3) is 0 Å². The number of nitrogens with zero attached hydrogens (tertiary/aromatic N) is 4.